The number of fused-ring (bicyclic) bond motifs is 7. The molecule has 0 radical (unpaired) electrons. The summed E-state index contributed by atoms with van der Waals surface area (Å²) in [5, 5.41) is 3.16. The van der Waals surface area contributed by atoms with E-state index in [1.54, 1.807) is 12.4 Å². The van der Waals surface area contributed by atoms with E-state index >= 15 is 0 Å². The Morgan fingerprint density at radius 3 is 2.61 bits per heavy atom. The molecule has 2 bridgehead atoms. The number of carbonyl (C=O) groups excluding carboxylic acids is 1. The minimum absolute atomic E-state index is 0.207. The van der Waals surface area contributed by atoms with Gasteiger partial charge in [-0.15, -0.1) is 0 Å². The fraction of sp³-hybridized carbons (Fsp3) is 0.486. The lowest BCUT2D eigenvalue weighted by atomic mass is 9.71. The van der Waals surface area contributed by atoms with E-state index in [1.165, 1.54) is 44.5 Å². The van der Waals surface area contributed by atoms with Gasteiger partial charge >= 0.3 is 0 Å². The van der Waals surface area contributed by atoms with E-state index < -0.39 is 0 Å². The Morgan fingerprint density at radius 2 is 1.80 bits per heavy atom. The summed E-state index contributed by atoms with van der Waals surface area (Å²) in [6.07, 6.45) is 10.5. The van der Waals surface area contributed by atoms with E-state index in [0.717, 1.165) is 60.5 Å². The second kappa shape index (κ2) is 11.8. The van der Waals surface area contributed by atoms with E-state index in [0.29, 0.717) is 35.1 Å². The number of pyridine rings is 2. The van der Waals surface area contributed by atoms with Gasteiger partial charge in [-0.25, -0.2) is 4.98 Å². The number of anilines is 2. The first kappa shape index (κ1) is 28.8. The number of imidazole rings is 1. The second-order valence-corrected chi connectivity index (χ2v) is 13.3. The van der Waals surface area contributed by atoms with Crippen LogP contribution in [0.4, 0.5) is 11.6 Å². The molecule has 0 saturated carbocycles. The molecular formula is C35H43N7O2. The maximum atomic E-state index is 13.7. The predicted octanol–water partition coefficient (Wildman–Crippen LogP) is 6.17. The number of piperidine rings is 2. The van der Waals surface area contributed by atoms with Crippen LogP contribution in [0.25, 0.3) is 22.3 Å². The molecule has 0 aliphatic carbocycles. The van der Waals surface area contributed by atoms with Crippen LogP contribution >= 0.6 is 0 Å². The number of hydrogen-bond donors (Lipinski definition) is 1. The van der Waals surface area contributed by atoms with E-state index in [2.05, 4.69) is 56.8 Å². The minimum atomic E-state index is -0.207. The SMILES string of the molecule is Cc1cc2cc(n1)-c1cnccc1OCCC[C@@H](C)Cn1c(nc3ccc(N4CCC5(CCN(C)CC5)CC4)cc31)NC2=O. The van der Waals surface area contributed by atoms with Gasteiger partial charge in [0.05, 0.1) is 28.9 Å². The Bertz CT molecular complexity index is 1660. The predicted molar refractivity (Wildman–Crippen MR) is 174 cm³/mol. The third-order valence-corrected chi connectivity index (χ3v) is 10.1. The van der Waals surface area contributed by atoms with Crippen molar-refractivity contribution < 1.29 is 9.53 Å². The molecule has 2 fully saturated rings. The standard InChI is InChI=1S/C35H43N7O2/c1-24-5-4-18-44-32-8-13-36-22-28(32)30-20-26(19-25(2)37-30)33(43)39-34-38-29-7-6-27(21-31(29)42(34)23-24)41-16-11-35(12-17-41)9-14-40(3)15-10-35/h6-8,13,19-22,24H,4-5,9-12,14-18,23H2,1-3H3,(H,38,39,43)/t24-/m1/s1. The van der Waals surface area contributed by atoms with Gasteiger partial charge in [0.25, 0.3) is 5.91 Å². The van der Waals surface area contributed by atoms with Crippen LogP contribution in [0.3, 0.4) is 0 Å². The molecule has 2 saturated heterocycles. The Kier molecular flexibility index (Phi) is 7.74. The monoisotopic (exact) mass is 593 g/mol. The summed E-state index contributed by atoms with van der Waals surface area (Å²) in [5.41, 5.74) is 6.45. The molecule has 0 unspecified atom stereocenters. The number of aryl methyl sites for hydroxylation is 1. The second-order valence-electron chi connectivity index (χ2n) is 13.3. The number of hydrogen-bond acceptors (Lipinski definition) is 7. The van der Waals surface area contributed by atoms with Crippen molar-refractivity contribution in [1.82, 2.24) is 24.4 Å². The molecule has 1 spiro atoms. The number of ether oxygens (including phenoxy) is 1. The summed E-state index contributed by atoms with van der Waals surface area (Å²) in [5.74, 6) is 1.48. The van der Waals surface area contributed by atoms with Gasteiger partial charge in [-0.1, -0.05) is 6.92 Å². The van der Waals surface area contributed by atoms with Crippen LogP contribution in [-0.4, -0.2) is 70.2 Å². The zero-order valence-corrected chi connectivity index (χ0v) is 26.2. The highest BCUT2D eigenvalue weighted by atomic mass is 16.5. The molecule has 9 heteroatoms. The molecule has 7 rings (SSSR count). The van der Waals surface area contributed by atoms with Crippen molar-refractivity contribution in [3.63, 3.8) is 0 Å². The van der Waals surface area contributed by atoms with Gasteiger partial charge in [-0.2, -0.15) is 0 Å². The molecule has 4 aromatic rings. The van der Waals surface area contributed by atoms with Crippen LogP contribution in [0.1, 0.15) is 61.5 Å². The summed E-state index contributed by atoms with van der Waals surface area (Å²) in [4.78, 5) is 32.7. The van der Waals surface area contributed by atoms with Crippen molar-refractivity contribution in [2.24, 2.45) is 11.3 Å². The molecular weight excluding hydrogens is 550 g/mol. The molecule has 1 amide bonds. The highest BCUT2D eigenvalue weighted by Gasteiger charge is 2.37. The quantitative estimate of drug-likeness (QED) is 0.282. The zero-order valence-electron chi connectivity index (χ0n) is 26.2. The molecule has 230 valence electrons. The summed E-state index contributed by atoms with van der Waals surface area (Å²) >= 11 is 0. The normalized spacial score (nSPS) is 21.1. The van der Waals surface area contributed by atoms with Crippen LogP contribution in [0.5, 0.6) is 5.75 Å². The Balaban J connectivity index is 1.20. The first-order valence-electron chi connectivity index (χ1n) is 16.2. The van der Waals surface area contributed by atoms with Crippen LogP contribution in [0, 0.1) is 18.3 Å². The van der Waals surface area contributed by atoms with Crippen LogP contribution in [0.15, 0.2) is 48.8 Å². The number of carbonyl (C=O) groups is 1. The number of amides is 1. The summed E-state index contributed by atoms with van der Waals surface area (Å²) < 4.78 is 8.43. The van der Waals surface area contributed by atoms with E-state index in [4.69, 9.17) is 14.7 Å². The molecule has 1 aromatic carbocycles. The molecule has 1 N–H and O–H groups in total. The zero-order chi connectivity index (χ0) is 30.3. The van der Waals surface area contributed by atoms with E-state index in [9.17, 15) is 4.79 Å². The van der Waals surface area contributed by atoms with E-state index in [-0.39, 0.29) is 5.91 Å². The molecule has 3 aliphatic heterocycles. The third-order valence-electron chi connectivity index (χ3n) is 10.1. The first-order chi connectivity index (χ1) is 21.4. The maximum absolute atomic E-state index is 13.7. The van der Waals surface area contributed by atoms with Gasteiger partial charge in [-0.3, -0.25) is 20.1 Å². The van der Waals surface area contributed by atoms with Crippen molar-refractivity contribution in [3.05, 3.63) is 60.0 Å². The smallest absolute Gasteiger partial charge is 0.258 e. The number of rotatable bonds is 1. The Morgan fingerprint density at radius 1 is 1.00 bits per heavy atom. The summed E-state index contributed by atoms with van der Waals surface area (Å²) in [6, 6.07) is 12.1. The summed E-state index contributed by atoms with van der Waals surface area (Å²) in [7, 11) is 2.24. The molecule has 6 heterocycles. The van der Waals surface area contributed by atoms with Gasteiger partial charge in [0.1, 0.15) is 5.75 Å². The van der Waals surface area contributed by atoms with Crippen LogP contribution in [0.2, 0.25) is 0 Å². The number of benzene rings is 1. The maximum Gasteiger partial charge on any atom is 0.258 e. The molecule has 9 nitrogen and oxygen atoms in total. The fourth-order valence-corrected chi connectivity index (χ4v) is 7.25. The number of aromatic nitrogens is 4. The average molecular weight is 594 g/mol. The van der Waals surface area contributed by atoms with Gasteiger partial charge in [0.15, 0.2) is 0 Å². The first-order valence-corrected chi connectivity index (χ1v) is 16.2. The van der Waals surface area contributed by atoms with Gasteiger partial charge < -0.3 is 19.1 Å². The lowest BCUT2D eigenvalue weighted by molar-refractivity contribution is 0.0945. The lowest BCUT2D eigenvalue weighted by Gasteiger charge is -2.46. The Hall–Kier alpha value is -3.98. The van der Waals surface area contributed by atoms with Crippen molar-refractivity contribution in [2.75, 3.05) is 50.1 Å². The fourth-order valence-electron chi connectivity index (χ4n) is 7.25. The number of nitrogens with one attached hydrogen (secondary N) is 1. The average Bonchev–Trinajstić information content (AvgIpc) is 3.36. The number of nitrogens with zero attached hydrogens (tertiary/aromatic N) is 6. The molecule has 44 heavy (non-hydrogen) atoms. The van der Waals surface area contributed by atoms with Crippen LogP contribution < -0.4 is 15.0 Å². The highest BCUT2D eigenvalue weighted by molar-refractivity contribution is 6.05. The number of likely N-dealkylation sites (tertiary alicyclic amines) is 1. The Labute approximate surface area is 259 Å². The third kappa shape index (κ3) is 5.77. The molecule has 3 aliphatic rings. The molecule has 3 aromatic heterocycles. The largest absolute Gasteiger partial charge is 0.493 e. The molecule has 1 atom stereocenters. The van der Waals surface area contributed by atoms with Crippen molar-refractivity contribution in [3.8, 4) is 17.0 Å². The van der Waals surface area contributed by atoms with Gasteiger partial charge in [0.2, 0.25) is 5.95 Å². The van der Waals surface area contributed by atoms with Crippen molar-refractivity contribution in [2.45, 2.75) is 58.9 Å². The topological polar surface area (TPSA) is 88.4 Å². The summed E-state index contributed by atoms with van der Waals surface area (Å²) in [6.45, 7) is 10.1. The van der Waals surface area contributed by atoms with Gasteiger partial charge in [0, 0.05) is 49.0 Å². The highest BCUT2D eigenvalue weighted by Crippen LogP contribution is 2.42. The van der Waals surface area contributed by atoms with Crippen molar-refractivity contribution in [1.29, 1.82) is 0 Å². The van der Waals surface area contributed by atoms with E-state index in [1.807, 2.05) is 25.1 Å². The minimum Gasteiger partial charge on any atom is -0.493 e. The van der Waals surface area contributed by atoms with Crippen molar-refractivity contribution >= 4 is 28.6 Å². The lowest BCUT2D eigenvalue weighted by Crippen LogP contribution is -2.46. The van der Waals surface area contributed by atoms with Crippen LogP contribution in [-0.2, 0) is 6.54 Å². The van der Waals surface area contributed by atoms with Gasteiger partial charge in [-0.05, 0) is 113 Å².